The number of nitrogens with zero attached hydrogens (tertiary/aromatic N) is 3. The van der Waals surface area contributed by atoms with Crippen molar-refractivity contribution in [3.05, 3.63) is 46.8 Å². The second-order valence-electron chi connectivity index (χ2n) is 6.59. The van der Waals surface area contributed by atoms with Crippen LogP contribution in [0.5, 0.6) is 0 Å². The van der Waals surface area contributed by atoms with Gasteiger partial charge in [-0.25, -0.2) is 4.98 Å². The number of benzene rings is 1. The number of aromatic nitrogens is 3. The van der Waals surface area contributed by atoms with Crippen LogP contribution in [-0.2, 0) is 18.3 Å². The lowest BCUT2D eigenvalue weighted by atomic mass is 10.0. The van der Waals surface area contributed by atoms with Crippen LogP contribution in [0.3, 0.4) is 0 Å². The Bertz CT molecular complexity index is 1070. The number of amides is 2. The van der Waals surface area contributed by atoms with Crippen molar-refractivity contribution < 1.29 is 9.59 Å². The lowest BCUT2D eigenvalue weighted by Crippen LogP contribution is -2.19. The van der Waals surface area contributed by atoms with Crippen molar-refractivity contribution in [2.45, 2.75) is 26.7 Å². The van der Waals surface area contributed by atoms with E-state index < -0.39 is 0 Å². The van der Waals surface area contributed by atoms with Gasteiger partial charge in [-0.3, -0.25) is 14.3 Å². The van der Waals surface area contributed by atoms with Crippen molar-refractivity contribution in [1.82, 2.24) is 14.8 Å². The SMILES string of the molecule is Cc1cc(C(=O)Nc2ccc3c(c2)CCC(=O)N3)c2c(C)nn(C)c2n1. The number of rotatable bonds is 2. The summed E-state index contributed by atoms with van der Waals surface area (Å²) in [6.45, 7) is 3.73. The van der Waals surface area contributed by atoms with Crippen LogP contribution >= 0.6 is 0 Å². The van der Waals surface area contributed by atoms with Gasteiger partial charge in [-0.1, -0.05) is 0 Å². The summed E-state index contributed by atoms with van der Waals surface area (Å²) in [6.07, 6.45) is 1.13. The maximum absolute atomic E-state index is 12.9. The maximum atomic E-state index is 12.9. The molecule has 0 atom stereocenters. The largest absolute Gasteiger partial charge is 0.326 e. The minimum atomic E-state index is -0.198. The molecule has 4 rings (SSSR count). The molecular formula is C19H19N5O2. The summed E-state index contributed by atoms with van der Waals surface area (Å²) in [7, 11) is 1.82. The number of nitrogens with one attached hydrogen (secondary N) is 2. The van der Waals surface area contributed by atoms with E-state index in [0.717, 1.165) is 28.0 Å². The number of pyridine rings is 1. The zero-order chi connectivity index (χ0) is 18.4. The molecule has 0 bridgehead atoms. The van der Waals surface area contributed by atoms with E-state index in [1.165, 1.54) is 0 Å². The van der Waals surface area contributed by atoms with E-state index in [1.54, 1.807) is 16.8 Å². The fraction of sp³-hybridized carbons (Fsp3) is 0.263. The lowest BCUT2D eigenvalue weighted by molar-refractivity contribution is -0.116. The molecule has 2 aromatic heterocycles. The Morgan fingerprint density at radius 3 is 2.85 bits per heavy atom. The second kappa shape index (κ2) is 5.94. The molecule has 0 fully saturated rings. The quantitative estimate of drug-likeness (QED) is 0.744. The van der Waals surface area contributed by atoms with Crippen molar-refractivity contribution in [2.24, 2.45) is 7.05 Å². The molecule has 0 aliphatic carbocycles. The van der Waals surface area contributed by atoms with Gasteiger partial charge in [0, 0.05) is 30.5 Å². The van der Waals surface area contributed by atoms with Crippen LogP contribution in [-0.4, -0.2) is 26.6 Å². The van der Waals surface area contributed by atoms with Crippen LogP contribution in [0.15, 0.2) is 24.3 Å². The number of hydrogen-bond donors (Lipinski definition) is 2. The van der Waals surface area contributed by atoms with Crippen molar-refractivity contribution in [3.63, 3.8) is 0 Å². The molecule has 3 aromatic rings. The van der Waals surface area contributed by atoms with Crippen molar-refractivity contribution >= 4 is 34.2 Å². The van der Waals surface area contributed by atoms with E-state index in [-0.39, 0.29) is 11.8 Å². The van der Waals surface area contributed by atoms with E-state index in [4.69, 9.17) is 0 Å². The molecule has 0 saturated heterocycles. The van der Waals surface area contributed by atoms with E-state index in [0.29, 0.717) is 29.7 Å². The summed E-state index contributed by atoms with van der Waals surface area (Å²) in [6, 6.07) is 7.31. The number of hydrogen-bond acceptors (Lipinski definition) is 4. The van der Waals surface area contributed by atoms with Gasteiger partial charge in [0.05, 0.1) is 16.6 Å². The van der Waals surface area contributed by atoms with Gasteiger partial charge in [0.15, 0.2) is 5.65 Å². The summed E-state index contributed by atoms with van der Waals surface area (Å²) in [5.74, 6) is -0.174. The predicted octanol–water partition coefficient (Wildman–Crippen LogP) is 2.72. The molecule has 1 aliphatic rings. The highest BCUT2D eigenvalue weighted by Crippen LogP contribution is 2.27. The maximum Gasteiger partial charge on any atom is 0.256 e. The smallest absolute Gasteiger partial charge is 0.256 e. The Morgan fingerprint density at radius 1 is 1.23 bits per heavy atom. The highest BCUT2D eigenvalue weighted by atomic mass is 16.2. The van der Waals surface area contributed by atoms with Crippen LogP contribution in [0.2, 0.25) is 0 Å². The lowest BCUT2D eigenvalue weighted by Gasteiger charge is -2.18. The average Bonchev–Trinajstić information content (AvgIpc) is 2.88. The van der Waals surface area contributed by atoms with Crippen LogP contribution in [0, 0.1) is 13.8 Å². The third kappa shape index (κ3) is 2.71. The van der Waals surface area contributed by atoms with Gasteiger partial charge in [0.1, 0.15) is 0 Å². The van der Waals surface area contributed by atoms with Gasteiger partial charge in [0.25, 0.3) is 5.91 Å². The number of aryl methyl sites for hydroxylation is 4. The summed E-state index contributed by atoms with van der Waals surface area (Å²) >= 11 is 0. The normalized spacial score (nSPS) is 13.4. The zero-order valence-electron chi connectivity index (χ0n) is 14.9. The molecule has 0 radical (unpaired) electrons. The van der Waals surface area contributed by atoms with Crippen molar-refractivity contribution in [3.8, 4) is 0 Å². The van der Waals surface area contributed by atoms with Crippen LogP contribution in [0.4, 0.5) is 11.4 Å². The third-order valence-electron chi connectivity index (χ3n) is 4.60. The van der Waals surface area contributed by atoms with Gasteiger partial charge in [0.2, 0.25) is 5.91 Å². The molecule has 7 heteroatoms. The van der Waals surface area contributed by atoms with E-state index in [9.17, 15) is 9.59 Å². The first-order chi connectivity index (χ1) is 12.4. The van der Waals surface area contributed by atoms with Gasteiger partial charge in [-0.05, 0) is 50.1 Å². The molecular weight excluding hydrogens is 330 g/mol. The minimum absolute atomic E-state index is 0.0241. The number of fused-ring (bicyclic) bond motifs is 2. The van der Waals surface area contributed by atoms with Gasteiger partial charge in [-0.2, -0.15) is 5.10 Å². The Kier molecular flexibility index (Phi) is 3.72. The van der Waals surface area contributed by atoms with Crippen molar-refractivity contribution in [2.75, 3.05) is 10.6 Å². The first-order valence-electron chi connectivity index (χ1n) is 8.47. The average molecular weight is 349 g/mol. The Balaban J connectivity index is 1.69. The Morgan fingerprint density at radius 2 is 2.04 bits per heavy atom. The van der Waals surface area contributed by atoms with Gasteiger partial charge in [-0.15, -0.1) is 0 Å². The molecule has 0 spiro atoms. The molecule has 132 valence electrons. The molecule has 1 aromatic carbocycles. The molecule has 1 aliphatic heterocycles. The number of carbonyl (C=O) groups excluding carboxylic acids is 2. The summed E-state index contributed by atoms with van der Waals surface area (Å²) < 4.78 is 1.69. The van der Waals surface area contributed by atoms with E-state index in [1.807, 2.05) is 33.0 Å². The second-order valence-corrected chi connectivity index (χ2v) is 6.59. The van der Waals surface area contributed by atoms with Crippen LogP contribution in [0.1, 0.15) is 33.7 Å². The summed E-state index contributed by atoms with van der Waals surface area (Å²) in [5.41, 5.74) is 5.33. The van der Waals surface area contributed by atoms with Crippen LogP contribution < -0.4 is 10.6 Å². The third-order valence-corrected chi connectivity index (χ3v) is 4.60. The van der Waals surface area contributed by atoms with E-state index in [2.05, 4.69) is 20.7 Å². The highest BCUT2D eigenvalue weighted by Gasteiger charge is 2.19. The summed E-state index contributed by atoms with van der Waals surface area (Å²) in [5, 5.41) is 10.9. The molecule has 0 unspecified atom stereocenters. The molecule has 2 amide bonds. The predicted molar refractivity (Wildman–Crippen MR) is 99.3 cm³/mol. The molecule has 26 heavy (non-hydrogen) atoms. The first kappa shape index (κ1) is 16.3. The molecule has 2 N–H and O–H groups in total. The first-order valence-corrected chi connectivity index (χ1v) is 8.47. The highest BCUT2D eigenvalue weighted by molar-refractivity contribution is 6.12. The summed E-state index contributed by atoms with van der Waals surface area (Å²) in [4.78, 5) is 28.9. The number of anilines is 2. The Hall–Kier alpha value is -3.22. The Labute approximate surface area is 150 Å². The standard InChI is InChI=1S/C19H19N5O2/c1-10-8-14(17-11(2)23-24(3)18(17)20-10)19(26)21-13-5-6-15-12(9-13)4-7-16(25)22-15/h5-6,8-9H,4,7H2,1-3H3,(H,21,26)(H,22,25). The topological polar surface area (TPSA) is 88.9 Å². The fourth-order valence-electron chi connectivity index (χ4n) is 3.41. The number of carbonyl (C=O) groups is 2. The molecule has 3 heterocycles. The zero-order valence-corrected chi connectivity index (χ0v) is 14.9. The monoisotopic (exact) mass is 349 g/mol. The van der Waals surface area contributed by atoms with Gasteiger partial charge < -0.3 is 10.6 Å². The molecule has 0 saturated carbocycles. The van der Waals surface area contributed by atoms with Crippen LogP contribution in [0.25, 0.3) is 11.0 Å². The molecule has 7 nitrogen and oxygen atoms in total. The van der Waals surface area contributed by atoms with Gasteiger partial charge >= 0.3 is 0 Å². The minimum Gasteiger partial charge on any atom is -0.326 e. The van der Waals surface area contributed by atoms with Crippen molar-refractivity contribution in [1.29, 1.82) is 0 Å². The van der Waals surface area contributed by atoms with E-state index >= 15 is 0 Å². The fourth-order valence-corrected chi connectivity index (χ4v) is 3.41.